The molecule has 17 heavy (non-hydrogen) atoms. The van der Waals surface area contributed by atoms with Gasteiger partial charge in [0.1, 0.15) is 6.04 Å². The molecular weight excluding hydrogens is 244 g/mol. The molecule has 1 saturated heterocycles. The molecule has 100 valence electrons. The molecule has 6 nitrogen and oxygen atoms in total. The number of amides is 1. The third-order valence-corrected chi connectivity index (χ3v) is 4.11. The van der Waals surface area contributed by atoms with Crippen LogP contribution in [0.25, 0.3) is 0 Å². The van der Waals surface area contributed by atoms with Crippen molar-refractivity contribution in [3.05, 3.63) is 0 Å². The van der Waals surface area contributed by atoms with Crippen LogP contribution < -0.4 is 5.32 Å². The number of hydrogen-bond donors (Lipinski definition) is 2. The Morgan fingerprint density at radius 3 is 2.76 bits per heavy atom. The minimum atomic E-state index is -3.30. The highest BCUT2D eigenvalue weighted by molar-refractivity contribution is 7.88. The second kappa shape index (κ2) is 6.32. The maximum absolute atomic E-state index is 11.8. The van der Waals surface area contributed by atoms with Crippen LogP contribution in [0.2, 0.25) is 0 Å². The van der Waals surface area contributed by atoms with Gasteiger partial charge >= 0.3 is 0 Å². The van der Waals surface area contributed by atoms with E-state index in [9.17, 15) is 13.2 Å². The van der Waals surface area contributed by atoms with Gasteiger partial charge in [0, 0.05) is 19.7 Å². The fourth-order valence-electron chi connectivity index (χ4n) is 1.97. The Bertz CT molecular complexity index is 355. The zero-order chi connectivity index (χ0) is 12.9. The van der Waals surface area contributed by atoms with E-state index in [1.807, 2.05) is 0 Å². The molecule has 7 heteroatoms. The fourth-order valence-corrected chi connectivity index (χ4v) is 3.09. The number of carbonyl (C=O) groups excluding carboxylic acids is 1. The van der Waals surface area contributed by atoms with Gasteiger partial charge in [-0.25, -0.2) is 8.42 Å². The molecule has 0 saturated carbocycles. The van der Waals surface area contributed by atoms with Gasteiger partial charge in [-0.15, -0.1) is 0 Å². The van der Waals surface area contributed by atoms with E-state index in [0.717, 1.165) is 12.7 Å². The highest BCUT2D eigenvalue weighted by Gasteiger charge is 2.35. The molecule has 2 N–H and O–H groups in total. The highest BCUT2D eigenvalue weighted by atomic mass is 32.2. The Balaban J connectivity index is 2.45. The average Bonchev–Trinajstić information content (AvgIpc) is 2.72. The van der Waals surface area contributed by atoms with Crippen LogP contribution in [0.5, 0.6) is 0 Å². The first kappa shape index (κ1) is 14.4. The van der Waals surface area contributed by atoms with E-state index in [-0.39, 0.29) is 12.5 Å². The standard InChI is InChI=1S/C10H20N2O4S/c1-17(15,16)12-7-4-5-9(12)10(14)11-6-2-3-8-13/h9,13H,2-8H2,1H3,(H,11,14). The molecule has 1 heterocycles. The smallest absolute Gasteiger partial charge is 0.238 e. The first-order valence-corrected chi connectivity index (χ1v) is 7.67. The summed E-state index contributed by atoms with van der Waals surface area (Å²) in [7, 11) is -3.30. The van der Waals surface area contributed by atoms with Crippen molar-refractivity contribution in [3.63, 3.8) is 0 Å². The van der Waals surface area contributed by atoms with Crippen molar-refractivity contribution >= 4 is 15.9 Å². The van der Waals surface area contributed by atoms with E-state index in [4.69, 9.17) is 5.11 Å². The maximum atomic E-state index is 11.8. The lowest BCUT2D eigenvalue weighted by atomic mass is 10.2. The molecular formula is C10H20N2O4S. The number of nitrogens with one attached hydrogen (secondary N) is 1. The van der Waals surface area contributed by atoms with Crippen LogP contribution in [-0.2, 0) is 14.8 Å². The van der Waals surface area contributed by atoms with Crippen molar-refractivity contribution in [1.82, 2.24) is 9.62 Å². The number of aliphatic hydroxyl groups excluding tert-OH is 1. The van der Waals surface area contributed by atoms with Gasteiger partial charge in [0.2, 0.25) is 15.9 Å². The summed E-state index contributed by atoms with van der Waals surface area (Å²) in [5, 5.41) is 11.3. The van der Waals surface area contributed by atoms with Gasteiger partial charge in [-0.2, -0.15) is 4.31 Å². The van der Waals surface area contributed by atoms with Crippen LogP contribution in [0.4, 0.5) is 0 Å². The van der Waals surface area contributed by atoms with E-state index in [1.54, 1.807) is 0 Å². The number of unbranched alkanes of at least 4 members (excludes halogenated alkanes) is 1. The Morgan fingerprint density at radius 1 is 1.47 bits per heavy atom. The van der Waals surface area contributed by atoms with Crippen LogP contribution in [0, 0.1) is 0 Å². The van der Waals surface area contributed by atoms with E-state index in [2.05, 4.69) is 5.32 Å². The zero-order valence-corrected chi connectivity index (χ0v) is 10.9. The molecule has 1 atom stereocenters. The summed E-state index contributed by atoms with van der Waals surface area (Å²) < 4.78 is 24.1. The van der Waals surface area contributed by atoms with E-state index in [1.165, 1.54) is 4.31 Å². The predicted molar refractivity (Wildman–Crippen MR) is 63.9 cm³/mol. The SMILES string of the molecule is CS(=O)(=O)N1CCCC1C(=O)NCCCCO. The molecule has 0 aromatic carbocycles. The van der Waals surface area contributed by atoms with Crippen LogP contribution in [-0.4, -0.2) is 55.7 Å². The number of sulfonamides is 1. The largest absolute Gasteiger partial charge is 0.396 e. The highest BCUT2D eigenvalue weighted by Crippen LogP contribution is 2.20. The van der Waals surface area contributed by atoms with Crippen molar-refractivity contribution in [1.29, 1.82) is 0 Å². The number of carbonyl (C=O) groups is 1. The van der Waals surface area contributed by atoms with Gasteiger partial charge in [-0.05, 0) is 25.7 Å². The fraction of sp³-hybridized carbons (Fsp3) is 0.900. The molecule has 1 fully saturated rings. The van der Waals surface area contributed by atoms with E-state index >= 15 is 0 Å². The Kier molecular flexibility index (Phi) is 5.35. The lowest BCUT2D eigenvalue weighted by Crippen LogP contribution is -2.45. The minimum absolute atomic E-state index is 0.106. The third kappa shape index (κ3) is 4.25. The van der Waals surface area contributed by atoms with E-state index in [0.29, 0.717) is 32.4 Å². The second-order valence-corrected chi connectivity index (χ2v) is 6.19. The topological polar surface area (TPSA) is 86.7 Å². The quantitative estimate of drug-likeness (QED) is 0.621. The third-order valence-electron chi connectivity index (χ3n) is 2.82. The van der Waals surface area contributed by atoms with Gasteiger partial charge in [0.15, 0.2) is 0 Å². The average molecular weight is 264 g/mol. The molecule has 1 unspecified atom stereocenters. The number of hydrogen-bond acceptors (Lipinski definition) is 4. The monoisotopic (exact) mass is 264 g/mol. The van der Waals surface area contributed by atoms with Crippen molar-refractivity contribution in [3.8, 4) is 0 Å². The summed E-state index contributed by atoms with van der Waals surface area (Å²) in [5.41, 5.74) is 0. The molecule has 0 aromatic rings. The first-order valence-electron chi connectivity index (χ1n) is 5.82. The molecule has 0 bridgehead atoms. The van der Waals surface area contributed by atoms with Gasteiger partial charge in [-0.1, -0.05) is 0 Å². The van der Waals surface area contributed by atoms with Gasteiger partial charge in [-0.3, -0.25) is 4.79 Å². The molecule has 1 rings (SSSR count). The molecule has 1 amide bonds. The molecule has 0 aromatic heterocycles. The van der Waals surface area contributed by atoms with Gasteiger partial charge in [0.05, 0.1) is 6.26 Å². The van der Waals surface area contributed by atoms with Crippen molar-refractivity contribution in [2.24, 2.45) is 0 Å². The van der Waals surface area contributed by atoms with E-state index < -0.39 is 16.1 Å². The lowest BCUT2D eigenvalue weighted by Gasteiger charge is -2.21. The van der Waals surface area contributed by atoms with Crippen LogP contribution in [0.15, 0.2) is 0 Å². The molecule has 1 aliphatic heterocycles. The normalized spacial score (nSPS) is 21.6. The predicted octanol–water partition coefficient (Wildman–Crippen LogP) is -0.701. The first-order chi connectivity index (χ1) is 7.96. The van der Waals surface area contributed by atoms with Crippen LogP contribution in [0.1, 0.15) is 25.7 Å². The number of rotatable bonds is 6. The summed E-state index contributed by atoms with van der Waals surface area (Å²) in [6.07, 6.45) is 3.78. The number of nitrogens with zero attached hydrogens (tertiary/aromatic N) is 1. The summed E-state index contributed by atoms with van der Waals surface area (Å²) in [6.45, 7) is 1.01. The molecule has 0 aliphatic carbocycles. The Labute approximate surface area is 102 Å². The van der Waals surface area contributed by atoms with Crippen LogP contribution in [0.3, 0.4) is 0 Å². The molecule has 0 radical (unpaired) electrons. The van der Waals surface area contributed by atoms with Crippen molar-refractivity contribution in [2.45, 2.75) is 31.7 Å². The molecule has 1 aliphatic rings. The van der Waals surface area contributed by atoms with Crippen molar-refractivity contribution in [2.75, 3.05) is 26.0 Å². The Hall–Kier alpha value is -0.660. The molecule has 0 spiro atoms. The number of aliphatic hydroxyl groups is 1. The Morgan fingerprint density at radius 2 is 2.18 bits per heavy atom. The lowest BCUT2D eigenvalue weighted by molar-refractivity contribution is -0.124. The van der Waals surface area contributed by atoms with Crippen LogP contribution >= 0.6 is 0 Å². The second-order valence-electron chi connectivity index (χ2n) is 4.25. The summed E-state index contributed by atoms with van der Waals surface area (Å²) >= 11 is 0. The maximum Gasteiger partial charge on any atom is 0.238 e. The van der Waals surface area contributed by atoms with Gasteiger partial charge < -0.3 is 10.4 Å². The van der Waals surface area contributed by atoms with Gasteiger partial charge in [0.25, 0.3) is 0 Å². The summed E-state index contributed by atoms with van der Waals surface area (Å²) in [6, 6.07) is -0.556. The summed E-state index contributed by atoms with van der Waals surface area (Å²) in [4.78, 5) is 11.8. The minimum Gasteiger partial charge on any atom is -0.396 e. The van der Waals surface area contributed by atoms with Crippen molar-refractivity contribution < 1.29 is 18.3 Å². The zero-order valence-electron chi connectivity index (χ0n) is 10.1. The summed E-state index contributed by atoms with van der Waals surface area (Å²) in [5.74, 6) is -0.231.